The van der Waals surface area contributed by atoms with Crippen molar-refractivity contribution < 1.29 is 81.8 Å². The SMILES string of the molecule is C1CCOC1.N.Nc1ccc(CC(=O)COC(=O)C2CCC(C(=O)COC(=O)Cc3ccc(N)cc3)CC2)cc1.O=C(COC(=O)C1CCC(C(=O)COC(=O)Cc2ccc([N+](=O)[O-])cc2)CC1)Cc1ccc([N+](=O)[O-])cc1.O=CO. The largest absolute Gasteiger partial charge is 0.483 e. The van der Waals surface area contributed by atoms with Crippen molar-refractivity contribution in [2.75, 3.05) is 51.1 Å². The number of hydrogen-bond acceptors (Lipinski definition) is 21. The quantitative estimate of drug-likeness (QED) is 0.0160. The van der Waals surface area contributed by atoms with E-state index < -0.39 is 46.2 Å². The molecule has 0 radical (unpaired) electrons. The van der Waals surface area contributed by atoms with E-state index in [9.17, 15) is 58.6 Å². The summed E-state index contributed by atoms with van der Waals surface area (Å²) in [4.78, 5) is 126. The first kappa shape index (κ1) is 66.5. The zero-order valence-corrected chi connectivity index (χ0v) is 44.8. The van der Waals surface area contributed by atoms with Crippen molar-refractivity contribution >= 4 is 76.2 Å². The molecule has 7 rings (SSSR count). The first-order valence-electron chi connectivity index (χ1n) is 25.9. The number of Topliss-reactive ketones (excluding diaryl/α,β-unsaturated/α-hetero) is 4. The maximum absolute atomic E-state index is 12.4. The van der Waals surface area contributed by atoms with Crippen LogP contribution < -0.4 is 17.6 Å². The van der Waals surface area contributed by atoms with E-state index in [0.717, 1.165) is 24.3 Å². The molecule has 0 aromatic heterocycles. The molecular weight excluding hydrogens is 1060 g/mol. The second kappa shape index (κ2) is 35.7. The predicted octanol–water partition coefficient (Wildman–Crippen LogP) is 6.65. The molecule has 4 aromatic carbocycles. The van der Waals surface area contributed by atoms with Gasteiger partial charge in [-0.15, -0.1) is 0 Å². The Morgan fingerprint density at radius 1 is 0.481 bits per heavy atom. The normalized spacial score (nSPS) is 16.8. The fourth-order valence-electron chi connectivity index (χ4n) is 8.63. The minimum Gasteiger partial charge on any atom is -0.483 e. The lowest BCUT2D eigenvalue weighted by Crippen LogP contribution is -2.30. The second-order valence-corrected chi connectivity index (χ2v) is 19.1. The topological polar surface area (TPSA) is 393 Å². The van der Waals surface area contributed by atoms with Crippen molar-refractivity contribution in [3.8, 4) is 0 Å². The number of benzene rings is 4. The van der Waals surface area contributed by atoms with Crippen LogP contribution in [0.3, 0.4) is 0 Å². The smallest absolute Gasteiger partial charge is 0.310 e. The van der Waals surface area contributed by atoms with Gasteiger partial charge in [-0.3, -0.25) is 63.4 Å². The third-order valence-electron chi connectivity index (χ3n) is 13.1. The number of ether oxygens (including phenoxy) is 5. The van der Waals surface area contributed by atoms with Crippen LogP contribution in [0, 0.1) is 43.9 Å². The van der Waals surface area contributed by atoms with Gasteiger partial charge >= 0.3 is 23.9 Å². The van der Waals surface area contributed by atoms with Gasteiger partial charge in [-0.1, -0.05) is 48.5 Å². The van der Waals surface area contributed by atoms with E-state index in [2.05, 4.69) is 0 Å². The standard InChI is InChI=1S/C26H26N2O10.C26H30N2O6.C4H8O.CH2O2.H3N/c29-23(13-17-1-9-21(10-2-17)27(33)34)15-38-26(32)20-7-5-19(6-8-20)24(30)16-37-25(31)14-18-3-11-22(12-4-18)28(35)36;27-21-9-1-17(2-10-21)13-23(29)15-34-26(32)20-7-5-19(6-8-20)24(30)16-33-25(31)14-18-3-11-22(28)12-4-18;1-2-4-5-3-1;2-1-3;/h1-4,9-12,19-20H,5-8,13-16H2;1-4,9-12,19-20H,5-8,13-16,27-28H2;1-4H2;1H,(H,2,3);1H3. The Morgan fingerprint density at radius 2 is 0.765 bits per heavy atom. The van der Waals surface area contributed by atoms with Gasteiger partial charge in [-0.2, -0.15) is 0 Å². The van der Waals surface area contributed by atoms with E-state index in [0.29, 0.717) is 73.9 Å². The van der Waals surface area contributed by atoms with Gasteiger partial charge in [0.25, 0.3) is 17.8 Å². The molecule has 2 aliphatic carbocycles. The molecule has 1 saturated heterocycles. The number of nitro benzene ring substituents is 2. The summed E-state index contributed by atoms with van der Waals surface area (Å²) in [5.41, 5.74) is 15.0. The molecule has 0 amide bonds. The highest BCUT2D eigenvalue weighted by Gasteiger charge is 2.33. The van der Waals surface area contributed by atoms with E-state index >= 15 is 0 Å². The first-order valence-corrected chi connectivity index (χ1v) is 25.9. The molecular formula is C57H69N5O19. The Bertz CT molecular complexity index is 2530. The van der Waals surface area contributed by atoms with Gasteiger partial charge < -0.3 is 46.4 Å². The number of hydrogen-bond donors (Lipinski definition) is 4. The minimum absolute atomic E-state index is 0. The Kier molecular flexibility index (Phi) is 29.3. The third-order valence-corrected chi connectivity index (χ3v) is 13.1. The van der Waals surface area contributed by atoms with Crippen LogP contribution in [-0.2, 0) is 92.5 Å². The number of non-ortho nitro benzene ring substituents is 2. The molecule has 2 saturated carbocycles. The van der Waals surface area contributed by atoms with Gasteiger partial charge in [-0.25, -0.2) is 0 Å². The van der Waals surface area contributed by atoms with E-state index in [-0.39, 0.29) is 110 Å². The number of carbonyl (C=O) groups excluding carboxylic acids is 8. The molecule has 0 unspecified atom stereocenters. The first-order chi connectivity index (χ1) is 38.3. The van der Waals surface area contributed by atoms with Crippen molar-refractivity contribution in [2.24, 2.45) is 23.7 Å². The summed E-state index contributed by atoms with van der Waals surface area (Å²) in [6.45, 7) is 0.418. The molecule has 4 aromatic rings. The molecule has 0 bridgehead atoms. The number of rotatable bonds is 22. The third kappa shape index (κ3) is 25.3. The number of ketones is 4. The van der Waals surface area contributed by atoms with Crippen molar-refractivity contribution in [3.63, 3.8) is 0 Å². The Morgan fingerprint density at radius 3 is 1.05 bits per heavy atom. The van der Waals surface area contributed by atoms with Gasteiger partial charge in [0.2, 0.25) is 0 Å². The molecule has 8 N–H and O–H groups in total. The fraction of sp³-hybridized carbons (Fsp3) is 0.421. The summed E-state index contributed by atoms with van der Waals surface area (Å²) < 4.78 is 25.5. The van der Waals surface area contributed by atoms with Crippen LogP contribution in [0.5, 0.6) is 0 Å². The zero-order valence-electron chi connectivity index (χ0n) is 44.8. The van der Waals surface area contributed by atoms with Crippen molar-refractivity contribution in [1.29, 1.82) is 0 Å². The van der Waals surface area contributed by atoms with Crippen molar-refractivity contribution in [1.82, 2.24) is 6.15 Å². The van der Waals surface area contributed by atoms with Crippen LogP contribution >= 0.6 is 0 Å². The summed E-state index contributed by atoms with van der Waals surface area (Å²) in [6, 6.07) is 24.9. The molecule has 436 valence electrons. The van der Waals surface area contributed by atoms with Crippen LogP contribution in [0.15, 0.2) is 97.1 Å². The number of esters is 4. The summed E-state index contributed by atoms with van der Waals surface area (Å²) in [5.74, 6) is -4.30. The molecule has 3 aliphatic rings. The number of anilines is 2. The van der Waals surface area contributed by atoms with Crippen LogP contribution in [0.25, 0.3) is 0 Å². The summed E-state index contributed by atoms with van der Waals surface area (Å²) in [7, 11) is 0. The van der Waals surface area contributed by atoms with Gasteiger partial charge in [0.05, 0.1) is 34.5 Å². The summed E-state index contributed by atoms with van der Waals surface area (Å²) >= 11 is 0. The Labute approximate surface area is 467 Å². The van der Waals surface area contributed by atoms with E-state index in [1.807, 2.05) is 0 Å². The average molecular weight is 1130 g/mol. The highest BCUT2D eigenvalue weighted by molar-refractivity contribution is 5.87. The maximum Gasteiger partial charge on any atom is 0.310 e. The Hall–Kier alpha value is -8.77. The molecule has 24 heteroatoms. The molecule has 1 heterocycles. The highest BCUT2D eigenvalue weighted by Crippen LogP contribution is 2.32. The van der Waals surface area contributed by atoms with E-state index in [1.54, 1.807) is 48.5 Å². The lowest BCUT2D eigenvalue weighted by atomic mass is 9.80. The van der Waals surface area contributed by atoms with Crippen LogP contribution in [0.1, 0.15) is 86.5 Å². The predicted molar refractivity (Wildman–Crippen MR) is 291 cm³/mol. The summed E-state index contributed by atoms with van der Waals surface area (Å²) in [5, 5.41) is 28.3. The summed E-state index contributed by atoms with van der Waals surface area (Å²) in [6.07, 6.45) is 6.37. The van der Waals surface area contributed by atoms with Gasteiger partial charge in [0.15, 0.2) is 23.1 Å². The van der Waals surface area contributed by atoms with E-state index in [4.69, 9.17) is 45.1 Å². The monoisotopic (exact) mass is 1130 g/mol. The number of nitrogens with zero attached hydrogens (tertiary/aromatic N) is 2. The number of nitrogen functional groups attached to an aromatic ring is 2. The zero-order chi connectivity index (χ0) is 58.4. The lowest BCUT2D eigenvalue weighted by molar-refractivity contribution is -0.385. The molecule has 24 nitrogen and oxygen atoms in total. The van der Waals surface area contributed by atoms with Crippen LogP contribution in [0.4, 0.5) is 22.7 Å². The number of carbonyl (C=O) groups is 9. The molecule has 1 aliphatic heterocycles. The van der Waals surface area contributed by atoms with Crippen molar-refractivity contribution in [3.05, 3.63) is 140 Å². The number of carboxylic acid groups (broad SMARTS) is 1. The molecule has 3 fully saturated rings. The highest BCUT2D eigenvalue weighted by atomic mass is 16.6. The van der Waals surface area contributed by atoms with Crippen LogP contribution in [-0.4, -0.2) is 108 Å². The van der Waals surface area contributed by atoms with Crippen LogP contribution in [0.2, 0.25) is 0 Å². The minimum atomic E-state index is -0.622. The molecule has 0 spiro atoms. The van der Waals surface area contributed by atoms with Gasteiger partial charge in [0.1, 0.15) is 26.4 Å². The van der Waals surface area contributed by atoms with Crippen molar-refractivity contribution in [2.45, 2.75) is 89.9 Å². The molecule has 81 heavy (non-hydrogen) atoms. The van der Waals surface area contributed by atoms with Gasteiger partial charge in [-0.05, 0) is 111 Å². The lowest BCUT2D eigenvalue weighted by Gasteiger charge is -2.26. The Balaban J connectivity index is 0.000000371. The van der Waals surface area contributed by atoms with E-state index in [1.165, 1.54) is 61.4 Å². The maximum atomic E-state index is 12.4. The number of nitro groups is 2. The fourth-order valence-corrected chi connectivity index (χ4v) is 8.63. The molecule has 0 atom stereocenters. The van der Waals surface area contributed by atoms with Gasteiger partial charge in [0, 0.05) is 73.5 Å². The second-order valence-electron chi connectivity index (χ2n) is 19.1. The average Bonchev–Trinajstić information content (AvgIpc) is 4.06. The number of nitrogens with two attached hydrogens (primary N) is 2.